The fourth-order valence-corrected chi connectivity index (χ4v) is 2.75. The topological polar surface area (TPSA) is 49.3 Å². The summed E-state index contributed by atoms with van der Waals surface area (Å²) in [6.45, 7) is 4.08. The molecule has 1 amide bonds. The van der Waals surface area contributed by atoms with Crippen LogP contribution in [0.25, 0.3) is 0 Å². The van der Waals surface area contributed by atoms with Crippen molar-refractivity contribution in [1.29, 1.82) is 0 Å². The minimum absolute atomic E-state index is 0.0212. The SMILES string of the molecule is O=C(c1ccnc(Cl)c1)N1CCN(Cc2ccncc2)CC1. The highest BCUT2D eigenvalue weighted by atomic mass is 35.5. The molecular weight excluding hydrogens is 300 g/mol. The van der Waals surface area contributed by atoms with E-state index in [-0.39, 0.29) is 5.91 Å². The zero-order valence-corrected chi connectivity index (χ0v) is 12.9. The van der Waals surface area contributed by atoms with Crippen molar-refractivity contribution in [3.8, 4) is 0 Å². The zero-order valence-electron chi connectivity index (χ0n) is 12.2. The van der Waals surface area contributed by atoms with Crippen LogP contribution in [0.2, 0.25) is 5.15 Å². The Morgan fingerprint density at radius 2 is 1.82 bits per heavy atom. The Labute approximate surface area is 134 Å². The summed E-state index contributed by atoms with van der Waals surface area (Å²) in [7, 11) is 0. The van der Waals surface area contributed by atoms with E-state index in [1.165, 1.54) is 5.56 Å². The molecule has 0 aliphatic carbocycles. The molecule has 5 nitrogen and oxygen atoms in total. The Morgan fingerprint density at radius 3 is 2.50 bits per heavy atom. The van der Waals surface area contributed by atoms with Crippen LogP contribution in [0.5, 0.6) is 0 Å². The van der Waals surface area contributed by atoms with Crippen LogP contribution >= 0.6 is 11.6 Å². The fourth-order valence-electron chi connectivity index (χ4n) is 2.57. The smallest absolute Gasteiger partial charge is 0.254 e. The minimum atomic E-state index is 0.0212. The van der Waals surface area contributed by atoms with E-state index in [1.807, 2.05) is 29.4 Å². The van der Waals surface area contributed by atoms with Gasteiger partial charge >= 0.3 is 0 Å². The third kappa shape index (κ3) is 3.61. The maximum absolute atomic E-state index is 12.4. The molecule has 6 heteroatoms. The molecule has 114 valence electrons. The second-order valence-electron chi connectivity index (χ2n) is 5.29. The number of carbonyl (C=O) groups is 1. The molecule has 0 aromatic carbocycles. The Morgan fingerprint density at radius 1 is 1.09 bits per heavy atom. The first-order chi connectivity index (χ1) is 10.7. The Bertz CT molecular complexity index is 642. The Kier molecular flexibility index (Phi) is 4.65. The first-order valence-corrected chi connectivity index (χ1v) is 7.62. The van der Waals surface area contributed by atoms with Crippen molar-refractivity contribution < 1.29 is 4.79 Å². The van der Waals surface area contributed by atoms with E-state index in [0.29, 0.717) is 10.7 Å². The number of hydrogen-bond donors (Lipinski definition) is 0. The van der Waals surface area contributed by atoms with E-state index in [9.17, 15) is 4.79 Å². The predicted molar refractivity (Wildman–Crippen MR) is 84.7 cm³/mol. The van der Waals surface area contributed by atoms with Gasteiger partial charge in [-0.3, -0.25) is 14.7 Å². The summed E-state index contributed by atoms with van der Waals surface area (Å²) in [6, 6.07) is 7.37. The van der Waals surface area contributed by atoms with Gasteiger partial charge in [-0.25, -0.2) is 4.98 Å². The summed E-state index contributed by atoms with van der Waals surface area (Å²) in [5.74, 6) is 0.0212. The Balaban J connectivity index is 1.56. The summed E-state index contributed by atoms with van der Waals surface area (Å²) in [5, 5.41) is 0.349. The van der Waals surface area contributed by atoms with Crippen LogP contribution < -0.4 is 0 Å². The molecule has 0 unspecified atom stereocenters. The largest absolute Gasteiger partial charge is 0.336 e. The Hall–Kier alpha value is -1.98. The van der Waals surface area contributed by atoms with Crippen molar-refractivity contribution in [3.63, 3.8) is 0 Å². The number of hydrogen-bond acceptors (Lipinski definition) is 4. The van der Waals surface area contributed by atoms with Gasteiger partial charge in [-0.05, 0) is 29.8 Å². The van der Waals surface area contributed by atoms with Crippen LogP contribution in [0.15, 0.2) is 42.9 Å². The van der Waals surface area contributed by atoms with Crippen molar-refractivity contribution in [2.75, 3.05) is 26.2 Å². The van der Waals surface area contributed by atoms with Gasteiger partial charge < -0.3 is 4.90 Å². The molecule has 0 atom stereocenters. The molecule has 3 heterocycles. The second-order valence-corrected chi connectivity index (χ2v) is 5.68. The molecule has 0 bridgehead atoms. The monoisotopic (exact) mass is 316 g/mol. The minimum Gasteiger partial charge on any atom is -0.336 e. The van der Waals surface area contributed by atoms with Crippen LogP contribution in [-0.4, -0.2) is 51.9 Å². The van der Waals surface area contributed by atoms with Gasteiger partial charge in [-0.15, -0.1) is 0 Å². The van der Waals surface area contributed by atoms with Crippen molar-refractivity contribution >= 4 is 17.5 Å². The molecule has 2 aromatic rings. The average molecular weight is 317 g/mol. The number of amides is 1. The van der Waals surface area contributed by atoms with E-state index in [0.717, 1.165) is 32.7 Å². The molecule has 0 saturated carbocycles. The van der Waals surface area contributed by atoms with Gasteiger partial charge in [-0.2, -0.15) is 0 Å². The number of aromatic nitrogens is 2. The van der Waals surface area contributed by atoms with E-state index >= 15 is 0 Å². The summed E-state index contributed by atoms with van der Waals surface area (Å²) in [6.07, 6.45) is 5.18. The summed E-state index contributed by atoms with van der Waals surface area (Å²) in [5.41, 5.74) is 1.85. The zero-order chi connectivity index (χ0) is 15.4. The molecule has 2 aromatic heterocycles. The molecule has 22 heavy (non-hydrogen) atoms. The van der Waals surface area contributed by atoms with Gasteiger partial charge in [0.15, 0.2) is 0 Å². The third-order valence-electron chi connectivity index (χ3n) is 3.79. The molecule has 0 spiro atoms. The van der Waals surface area contributed by atoms with Gasteiger partial charge in [0.1, 0.15) is 5.15 Å². The number of nitrogens with zero attached hydrogens (tertiary/aromatic N) is 4. The average Bonchev–Trinajstić information content (AvgIpc) is 2.56. The maximum atomic E-state index is 12.4. The van der Waals surface area contributed by atoms with Crippen molar-refractivity contribution in [2.45, 2.75) is 6.54 Å². The quantitative estimate of drug-likeness (QED) is 0.814. The van der Waals surface area contributed by atoms with Gasteiger partial charge in [0.2, 0.25) is 0 Å². The van der Waals surface area contributed by atoms with E-state index < -0.39 is 0 Å². The molecule has 0 radical (unpaired) electrons. The standard InChI is InChI=1S/C16H17ClN4O/c17-15-11-14(3-6-19-15)16(22)21-9-7-20(8-10-21)12-13-1-4-18-5-2-13/h1-6,11H,7-10,12H2. The van der Waals surface area contributed by atoms with E-state index in [1.54, 1.807) is 18.3 Å². The number of pyridine rings is 2. The van der Waals surface area contributed by atoms with Crippen LogP contribution in [0, 0.1) is 0 Å². The molecule has 1 fully saturated rings. The summed E-state index contributed by atoms with van der Waals surface area (Å²) in [4.78, 5) is 24.6. The number of rotatable bonds is 3. The predicted octanol–water partition coefficient (Wildman–Crippen LogP) is 2.09. The van der Waals surface area contributed by atoms with E-state index in [4.69, 9.17) is 11.6 Å². The first-order valence-electron chi connectivity index (χ1n) is 7.24. The highest BCUT2D eigenvalue weighted by Crippen LogP contribution is 2.13. The highest BCUT2D eigenvalue weighted by Gasteiger charge is 2.22. The molecule has 1 aliphatic heterocycles. The van der Waals surface area contributed by atoms with Crippen LogP contribution in [0.3, 0.4) is 0 Å². The van der Waals surface area contributed by atoms with E-state index in [2.05, 4.69) is 14.9 Å². The summed E-state index contributed by atoms with van der Waals surface area (Å²) < 4.78 is 0. The molecular formula is C16H17ClN4O. The number of carbonyl (C=O) groups excluding carboxylic acids is 1. The number of piperazine rings is 1. The molecule has 3 rings (SSSR count). The van der Waals surface area contributed by atoms with Gasteiger partial charge in [-0.1, -0.05) is 11.6 Å². The molecule has 0 N–H and O–H groups in total. The van der Waals surface area contributed by atoms with Crippen molar-refractivity contribution in [2.24, 2.45) is 0 Å². The van der Waals surface area contributed by atoms with Crippen LogP contribution in [0.4, 0.5) is 0 Å². The second kappa shape index (κ2) is 6.85. The van der Waals surface area contributed by atoms with Crippen LogP contribution in [-0.2, 0) is 6.54 Å². The number of halogens is 1. The lowest BCUT2D eigenvalue weighted by molar-refractivity contribution is 0.0628. The highest BCUT2D eigenvalue weighted by molar-refractivity contribution is 6.29. The van der Waals surface area contributed by atoms with Crippen LogP contribution in [0.1, 0.15) is 15.9 Å². The lowest BCUT2D eigenvalue weighted by Crippen LogP contribution is -2.48. The lowest BCUT2D eigenvalue weighted by atomic mass is 10.2. The summed E-state index contributed by atoms with van der Waals surface area (Å²) >= 11 is 5.85. The van der Waals surface area contributed by atoms with Gasteiger partial charge in [0, 0.05) is 56.9 Å². The maximum Gasteiger partial charge on any atom is 0.254 e. The molecule has 1 saturated heterocycles. The van der Waals surface area contributed by atoms with Gasteiger partial charge in [0.05, 0.1) is 0 Å². The van der Waals surface area contributed by atoms with Gasteiger partial charge in [0.25, 0.3) is 5.91 Å². The van der Waals surface area contributed by atoms with Crippen molar-refractivity contribution in [3.05, 3.63) is 59.1 Å². The third-order valence-corrected chi connectivity index (χ3v) is 4.00. The lowest BCUT2D eigenvalue weighted by Gasteiger charge is -2.34. The molecule has 1 aliphatic rings. The fraction of sp³-hybridized carbons (Fsp3) is 0.312. The first kappa shape index (κ1) is 14.9. The normalized spacial score (nSPS) is 15.8. The van der Waals surface area contributed by atoms with Crippen molar-refractivity contribution in [1.82, 2.24) is 19.8 Å².